The van der Waals surface area contributed by atoms with Crippen LogP contribution in [-0.4, -0.2) is 76.6 Å². The molecule has 1 aliphatic heterocycles. The number of hydrogen-bond donors (Lipinski definition) is 1. The monoisotopic (exact) mass is 468 g/mol. The van der Waals surface area contributed by atoms with Crippen molar-refractivity contribution in [3.8, 4) is 16.8 Å². The fraction of sp³-hybridized carbons (Fsp3) is 0.391. The molecule has 0 spiro atoms. The van der Waals surface area contributed by atoms with Gasteiger partial charge in [0.1, 0.15) is 0 Å². The molecular weight excluding hydrogens is 440 g/mol. The smallest absolute Gasteiger partial charge is 0.251 e. The van der Waals surface area contributed by atoms with Crippen LogP contribution in [0.1, 0.15) is 28.7 Å². The molecule has 4 rings (SSSR count). The largest absolute Gasteiger partial charge is 0.348 e. The van der Waals surface area contributed by atoms with Gasteiger partial charge in [0, 0.05) is 31.2 Å². The van der Waals surface area contributed by atoms with Crippen LogP contribution >= 0.6 is 0 Å². The molecule has 2 heterocycles. The highest BCUT2D eigenvalue weighted by Gasteiger charge is 2.23. The Labute approximate surface area is 193 Å². The van der Waals surface area contributed by atoms with Crippen molar-refractivity contribution in [1.29, 1.82) is 0 Å². The van der Waals surface area contributed by atoms with Gasteiger partial charge in [-0.15, -0.1) is 5.10 Å². The Morgan fingerprint density at radius 1 is 1.06 bits per heavy atom. The number of amides is 1. The van der Waals surface area contributed by atoms with Gasteiger partial charge in [-0.2, -0.15) is 4.68 Å². The first-order valence-electron chi connectivity index (χ1n) is 10.9. The molecule has 1 unspecified atom stereocenters. The van der Waals surface area contributed by atoms with E-state index in [4.69, 9.17) is 0 Å². The normalized spacial score (nSPS) is 16.9. The molecule has 1 aromatic heterocycles. The lowest BCUT2D eigenvalue weighted by Gasteiger charge is -2.29. The van der Waals surface area contributed by atoms with E-state index in [1.165, 1.54) is 0 Å². The molecule has 3 aromatic rings. The van der Waals surface area contributed by atoms with Gasteiger partial charge in [0.15, 0.2) is 15.7 Å². The summed E-state index contributed by atoms with van der Waals surface area (Å²) in [6, 6.07) is 13.6. The molecule has 33 heavy (non-hydrogen) atoms. The second kappa shape index (κ2) is 9.40. The van der Waals surface area contributed by atoms with E-state index < -0.39 is 9.84 Å². The number of hydrogen-bond acceptors (Lipinski definition) is 7. The second-order valence-electron chi connectivity index (χ2n) is 8.60. The molecule has 10 heteroatoms. The summed E-state index contributed by atoms with van der Waals surface area (Å²) in [5, 5.41) is 14.8. The highest BCUT2D eigenvalue weighted by molar-refractivity contribution is 7.91. The van der Waals surface area contributed by atoms with E-state index in [-0.39, 0.29) is 23.5 Å². The molecule has 0 bridgehead atoms. The lowest BCUT2D eigenvalue weighted by molar-refractivity contribution is 0.0930. The molecule has 1 amide bonds. The Hall–Kier alpha value is -3.11. The lowest BCUT2D eigenvalue weighted by atomic mass is 10.0. The minimum atomic E-state index is -2.93. The Kier molecular flexibility index (Phi) is 6.57. The summed E-state index contributed by atoms with van der Waals surface area (Å²) < 4.78 is 24.9. The maximum absolute atomic E-state index is 13.2. The Morgan fingerprint density at radius 3 is 2.39 bits per heavy atom. The average molecular weight is 469 g/mol. The number of carbonyl (C=O) groups excluding carboxylic acids is 1. The molecule has 1 atom stereocenters. The first-order chi connectivity index (χ1) is 15.7. The van der Waals surface area contributed by atoms with Crippen LogP contribution in [0, 0.1) is 13.8 Å². The first kappa shape index (κ1) is 23.1. The van der Waals surface area contributed by atoms with Gasteiger partial charge in [-0.1, -0.05) is 29.8 Å². The van der Waals surface area contributed by atoms with Crippen LogP contribution in [0.2, 0.25) is 0 Å². The third-order valence-electron chi connectivity index (χ3n) is 5.78. The van der Waals surface area contributed by atoms with Crippen LogP contribution in [0.25, 0.3) is 16.8 Å². The quantitative estimate of drug-likeness (QED) is 0.587. The molecule has 0 radical (unpaired) electrons. The highest BCUT2D eigenvalue weighted by Crippen LogP contribution is 2.25. The molecule has 1 N–H and O–H groups in total. The van der Waals surface area contributed by atoms with Gasteiger partial charge >= 0.3 is 0 Å². The van der Waals surface area contributed by atoms with Gasteiger partial charge in [-0.3, -0.25) is 9.69 Å². The molecule has 0 saturated carbocycles. The number of sulfone groups is 1. The average Bonchev–Trinajstić information content (AvgIpc) is 3.21. The number of nitrogens with one attached hydrogen (secondary N) is 1. The summed E-state index contributed by atoms with van der Waals surface area (Å²) in [5.74, 6) is 0.755. The van der Waals surface area contributed by atoms with Gasteiger partial charge in [-0.05, 0) is 60.5 Å². The van der Waals surface area contributed by atoms with Crippen LogP contribution in [0.5, 0.6) is 0 Å². The Bertz CT molecular complexity index is 1240. The summed E-state index contributed by atoms with van der Waals surface area (Å²) in [6.45, 7) is 7.35. The zero-order valence-corrected chi connectivity index (χ0v) is 19.8. The van der Waals surface area contributed by atoms with Crippen LogP contribution in [0.3, 0.4) is 0 Å². The van der Waals surface area contributed by atoms with Crippen molar-refractivity contribution < 1.29 is 13.2 Å². The van der Waals surface area contributed by atoms with E-state index in [9.17, 15) is 13.2 Å². The predicted molar refractivity (Wildman–Crippen MR) is 126 cm³/mol. The van der Waals surface area contributed by atoms with E-state index in [0.717, 1.165) is 16.7 Å². The van der Waals surface area contributed by atoms with E-state index in [1.807, 2.05) is 50.2 Å². The summed E-state index contributed by atoms with van der Waals surface area (Å²) in [7, 11) is -2.93. The number of rotatable bonds is 6. The second-order valence-corrected chi connectivity index (χ2v) is 10.9. The summed E-state index contributed by atoms with van der Waals surface area (Å²) >= 11 is 0. The molecule has 174 valence electrons. The number of carbonyl (C=O) groups is 1. The van der Waals surface area contributed by atoms with E-state index >= 15 is 0 Å². The van der Waals surface area contributed by atoms with Crippen LogP contribution in [-0.2, 0) is 9.84 Å². The topological polar surface area (TPSA) is 110 Å². The fourth-order valence-corrected chi connectivity index (χ4v) is 5.20. The van der Waals surface area contributed by atoms with Crippen LogP contribution in [0.15, 0.2) is 42.5 Å². The molecule has 9 nitrogen and oxygen atoms in total. The highest BCUT2D eigenvalue weighted by atomic mass is 32.2. The van der Waals surface area contributed by atoms with E-state index in [1.54, 1.807) is 17.7 Å². The van der Waals surface area contributed by atoms with Crippen molar-refractivity contribution in [3.05, 3.63) is 59.4 Å². The van der Waals surface area contributed by atoms with Crippen molar-refractivity contribution in [3.63, 3.8) is 0 Å². The molecule has 1 saturated heterocycles. The van der Waals surface area contributed by atoms with Gasteiger partial charge in [0.05, 0.1) is 17.2 Å². The van der Waals surface area contributed by atoms with Crippen molar-refractivity contribution in [2.24, 2.45) is 0 Å². The summed E-state index contributed by atoms with van der Waals surface area (Å²) in [6.07, 6.45) is 0. The molecule has 0 aliphatic carbocycles. The van der Waals surface area contributed by atoms with Gasteiger partial charge in [0.25, 0.3) is 5.91 Å². The predicted octanol–water partition coefficient (Wildman–Crippen LogP) is 1.79. The Morgan fingerprint density at radius 2 is 1.76 bits per heavy atom. The van der Waals surface area contributed by atoms with Gasteiger partial charge in [0.2, 0.25) is 0 Å². The number of aryl methyl sites for hydroxylation is 2. The third-order valence-corrected chi connectivity index (χ3v) is 7.39. The van der Waals surface area contributed by atoms with Crippen molar-refractivity contribution in [2.45, 2.75) is 26.8 Å². The number of aromatic nitrogens is 4. The zero-order valence-electron chi connectivity index (χ0n) is 19.0. The van der Waals surface area contributed by atoms with Gasteiger partial charge < -0.3 is 5.32 Å². The number of benzene rings is 2. The minimum absolute atomic E-state index is 0.139. The lowest BCUT2D eigenvalue weighted by Crippen LogP contribution is -2.47. The van der Waals surface area contributed by atoms with Gasteiger partial charge in [-0.25, -0.2) is 8.42 Å². The van der Waals surface area contributed by atoms with Crippen LogP contribution in [0.4, 0.5) is 0 Å². The standard InChI is InChI=1S/C23H28N6O3S/c1-16-4-6-19(7-5-16)20-12-21(14-22(13-20)29-18(3)25-26-27-29)23(30)24-17(2)15-28-8-10-33(31,32)11-9-28/h4-7,12-14,17H,8-11,15H2,1-3H3,(H,24,30). The molecule has 1 aliphatic rings. The zero-order chi connectivity index (χ0) is 23.6. The minimum Gasteiger partial charge on any atom is -0.348 e. The molecular formula is C23H28N6O3S. The maximum Gasteiger partial charge on any atom is 0.251 e. The van der Waals surface area contributed by atoms with E-state index in [0.29, 0.717) is 36.7 Å². The van der Waals surface area contributed by atoms with E-state index in [2.05, 4.69) is 25.7 Å². The maximum atomic E-state index is 13.2. The number of tetrazole rings is 1. The fourth-order valence-electron chi connectivity index (χ4n) is 3.92. The van der Waals surface area contributed by atoms with Crippen molar-refractivity contribution >= 4 is 15.7 Å². The van der Waals surface area contributed by atoms with Crippen LogP contribution < -0.4 is 5.32 Å². The first-order valence-corrected chi connectivity index (χ1v) is 12.7. The summed E-state index contributed by atoms with van der Waals surface area (Å²) in [4.78, 5) is 15.2. The SMILES string of the molecule is Cc1ccc(-c2cc(C(=O)NC(C)CN3CCS(=O)(=O)CC3)cc(-n3nnnc3C)c2)cc1. The molecule has 1 fully saturated rings. The number of nitrogens with zero attached hydrogens (tertiary/aromatic N) is 5. The van der Waals surface area contributed by atoms with Crippen molar-refractivity contribution in [1.82, 2.24) is 30.4 Å². The summed E-state index contributed by atoms with van der Waals surface area (Å²) in [5.41, 5.74) is 4.25. The third kappa shape index (κ3) is 5.63. The molecule has 2 aromatic carbocycles. The van der Waals surface area contributed by atoms with Crippen molar-refractivity contribution in [2.75, 3.05) is 31.1 Å². The Balaban J connectivity index is 1.56.